The lowest BCUT2D eigenvalue weighted by Crippen LogP contribution is -2.37. The van der Waals surface area contributed by atoms with Crippen molar-refractivity contribution in [1.29, 1.82) is 0 Å². The minimum Gasteiger partial charge on any atom is -0.444 e. The van der Waals surface area contributed by atoms with Crippen LogP contribution in [0.1, 0.15) is 20.8 Å². The van der Waals surface area contributed by atoms with Crippen molar-refractivity contribution in [1.82, 2.24) is 20.1 Å². The molecule has 7 heteroatoms. The quantitative estimate of drug-likeness (QED) is 0.813. The molecule has 142 valence electrons. The fraction of sp³-hybridized carbons (Fsp3) is 0.500. The van der Waals surface area contributed by atoms with Crippen LogP contribution >= 0.6 is 0 Å². The zero-order valence-electron chi connectivity index (χ0n) is 16.0. The van der Waals surface area contributed by atoms with Gasteiger partial charge < -0.3 is 14.5 Å². The molecular formula is C20H25N5O2. The maximum atomic E-state index is 12.3. The topological polar surface area (TPSA) is 71.5 Å². The number of hydrogen-bond acceptors (Lipinski definition) is 6. The van der Waals surface area contributed by atoms with Crippen LogP contribution in [0.2, 0.25) is 0 Å². The van der Waals surface area contributed by atoms with Crippen LogP contribution in [0.3, 0.4) is 0 Å². The largest absolute Gasteiger partial charge is 0.444 e. The van der Waals surface area contributed by atoms with Crippen molar-refractivity contribution in [2.24, 2.45) is 11.8 Å². The summed E-state index contributed by atoms with van der Waals surface area (Å²) in [7, 11) is 0. The molecule has 27 heavy (non-hydrogen) atoms. The lowest BCUT2D eigenvalue weighted by Gasteiger charge is -2.26. The van der Waals surface area contributed by atoms with E-state index in [1.165, 1.54) is 0 Å². The molecule has 2 aliphatic rings. The van der Waals surface area contributed by atoms with Gasteiger partial charge in [0.05, 0.1) is 5.69 Å². The van der Waals surface area contributed by atoms with Gasteiger partial charge in [0.2, 0.25) is 0 Å². The number of amides is 1. The van der Waals surface area contributed by atoms with Crippen molar-refractivity contribution >= 4 is 11.9 Å². The predicted molar refractivity (Wildman–Crippen MR) is 102 cm³/mol. The summed E-state index contributed by atoms with van der Waals surface area (Å²) >= 11 is 0. The molecule has 0 unspecified atom stereocenters. The van der Waals surface area contributed by atoms with E-state index in [1.54, 1.807) is 12.4 Å². The summed E-state index contributed by atoms with van der Waals surface area (Å²) in [5.41, 5.74) is 1.40. The Morgan fingerprint density at radius 3 is 2.22 bits per heavy atom. The van der Waals surface area contributed by atoms with Gasteiger partial charge in [-0.2, -0.15) is 0 Å². The Balaban J connectivity index is 1.37. The van der Waals surface area contributed by atoms with E-state index in [1.807, 2.05) is 49.9 Å². The highest BCUT2D eigenvalue weighted by atomic mass is 16.6. The summed E-state index contributed by atoms with van der Waals surface area (Å²) in [5.74, 6) is 1.81. The van der Waals surface area contributed by atoms with Crippen LogP contribution in [0.15, 0.2) is 36.7 Å². The Hall–Kier alpha value is -2.70. The highest BCUT2D eigenvalue weighted by Gasteiger charge is 2.43. The van der Waals surface area contributed by atoms with Crippen LogP contribution in [0, 0.1) is 11.8 Å². The first-order chi connectivity index (χ1) is 12.9. The van der Waals surface area contributed by atoms with Gasteiger partial charge in [0, 0.05) is 56.0 Å². The first-order valence-corrected chi connectivity index (χ1v) is 9.36. The Labute approximate surface area is 159 Å². The van der Waals surface area contributed by atoms with E-state index in [2.05, 4.69) is 20.1 Å². The minimum atomic E-state index is -0.451. The van der Waals surface area contributed by atoms with Gasteiger partial charge in [0.25, 0.3) is 0 Å². The molecule has 4 heterocycles. The average Bonchev–Trinajstić information content (AvgIpc) is 3.20. The predicted octanol–water partition coefficient (Wildman–Crippen LogP) is 2.84. The number of aromatic nitrogens is 3. The fourth-order valence-corrected chi connectivity index (χ4v) is 3.83. The van der Waals surface area contributed by atoms with Crippen molar-refractivity contribution in [2.45, 2.75) is 26.4 Å². The van der Waals surface area contributed by atoms with E-state index in [4.69, 9.17) is 4.74 Å². The number of pyridine rings is 1. The Bertz CT molecular complexity index is 789. The van der Waals surface area contributed by atoms with E-state index in [0.29, 0.717) is 11.8 Å². The van der Waals surface area contributed by atoms with Crippen LogP contribution in [0.25, 0.3) is 11.3 Å². The van der Waals surface area contributed by atoms with Gasteiger partial charge in [0.15, 0.2) is 5.82 Å². The summed E-state index contributed by atoms with van der Waals surface area (Å²) in [4.78, 5) is 20.4. The van der Waals surface area contributed by atoms with Gasteiger partial charge in [-0.1, -0.05) is 0 Å². The molecule has 0 aliphatic carbocycles. The summed E-state index contributed by atoms with van der Waals surface area (Å²) < 4.78 is 5.50. The molecule has 0 spiro atoms. The molecule has 2 aromatic heterocycles. The highest BCUT2D eigenvalue weighted by molar-refractivity contribution is 5.68. The number of hydrogen-bond donors (Lipinski definition) is 0. The molecule has 2 aromatic rings. The Kier molecular flexibility index (Phi) is 4.45. The van der Waals surface area contributed by atoms with Gasteiger partial charge in [-0.05, 0) is 45.0 Å². The number of likely N-dealkylation sites (tertiary alicyclic amines) is 1. The van der Waals surface area contributed by atoms with Crippen molar-refractivity contribution in [3.8, 4) is 11.3 Å². The van der Waals surface area contributed by atoms with Gasteiger partial charge in [-0.15, -0.1) is 10.2 Å². The summed E-state index contributed by atoms with van der Waals surface area (Å²) in [6, 6.07) is 7.87. The highest BCUT2D eigenvalue weighted by Crippen LogP contribution is 2.34. The molecular weight excluding hydrogens is 342 g/mol. The number of ether oxygens (including phenoxy) is 1. The second-order valence-electron chi connectivity index (χ2n) is 8.32. The zero-order valence-corrected chi connectivity index (χ0v) is 16.0. The van der Waals surface area contributed by atoms with E-state index in [9.17, 15) is 4.79 Å². The smallest absolute Gasteiger partial charge is 0.410 e. The third-order valence-electron chi connectivity index (χ3n) is 5.09. The van der Waals surface area contributed by atoms with Crippen molar-refractivity contribution < 1.29 is 9.53 Å². The van der Waals surface area contributed by atoms with Crippen molar-refractivity contribution in [3.63, 3.8) is 0 Å². The number of fused-ring (bicyclic) bond motifs is 1. The van der Waals surface area contributed by atoms with Crippen LogP contribution in [0.5, 0.6) is 0 Å². The second kappa shape index (κ2) is 6.79. The summed E-state index contributed by atoms with van der Waals surface area (Å²) in [5, 5.41) is 8.78. The van der Waals surface area contributed by atoms with Crippen LogP contribution < -0.4 is 4.90 Å². The van der Waals surface area contributed by atoms with E-state index in [-0.39, 0.29) is 6.09 Å². The Morgan fingerprint density at radius 2 is 1.67 bits per heavy atom. The zero-order chi connectivity index (χ0) is 19.0. The number of carbonyl (C=O) groups excluding carboxylic acids is 1. The molecule has 4 rings (SSSR count). The minimum absolute atomic E-state index is 0.204. The molecule has 1 amide bonds. The van der Waals surface area contributed by atoms with Gasteiger partial charge >= 0.3 is 6.09 Å². The van der Waals surface area contributed by atoms with Crippen molar-refractivity contribution in [3.05, 3.63) is 36.7 Å². The van der Waals surface area contributed by atoms with E-state index < -0.39 is 5.60 Å². The monoisotopic (exact) mass is 367 g/mol. The first-order valence-electron chi connectivity index (χ1n) is 9.36. The lowest BCUT2D eigenvalue weighted by atomic mass is 10.0. The van der Waals surface area contributed by atoms with Crippen LogP contribution in [-0.2, 0) is 4.74 Å². The van der Waals surface area contributed by atoms with Crippen LogP contribution in [0.4, 0.5) is 10.6 Å². The summed E-state index contributed by atoms with van der Waals surface area (Å²) in [6.45, 7) is 8.99. The standard InChI is InChI=1S/C20H25N5O2/c1-20(2,3)27-19(26)25-12-15-10-24(11-16(15)13-25)18-5-4-17(22-23-18)14-6-8-21-9-7-14/h4-9,15-16H,10-13H2,1-3H3/t15-,16+. The molecule has 2 fully saturated rings. The lowest BCUT2D eigenvalue weighted by molar-refractivity contribution is 0.0282. The maximum Gasteiger partial charge on any atom is 0.410 e. The molecule has 0 N–H and O–H groups in total. The fourth-order valence-electron chi connectivity index (χ4n) is 3.83. The number of carbonyl (C=O) groups is 1. The number of anilines is 1. The molecule has 7 nitrogen and oxygen atoms in total. The van der Waals surface area contributed by atoms with Gasteiger partial charge in [-0.3, -0.25) is 4.98 Å². The SMILES string of the molecule is CC(C)(C)OC(=O)N1C[C@@H]2CN(c3ccc(-c4ccncc4)nn3)C[C@@H]2C1. The molecule has 0 aromatic carbocycles. The number of nitrogens with zero attached hydrogens (tertiary/aromatic N) is 5. The van der Waals surface area contributed by atoms with E-state index >= 15 is 0 Å². The normalized spacial score (nSPS) is 22.0. The van der Waals surface area contributed by atoms with E-state index in [0.717, 1.165) is 43.3 Å². The molecule has 2 saturated heterocycles. The molecule has 2 aliphatic heterocycles. The molecule has 0 radical (unpaired) electrons. The third-order valence-corrected chi connectivity index (χ3v) is 5.09. The first kappa shape index (κ1) is 17.7. The molecule has 2 atom stereocenters. The summed E-state index contributed by atoms with van der Waals surface area (Å²) in [6.07, 6.45) is 3.30. The molecule has 0 bridgehead atoms. The van der Waals surface area contributed by atoms with Crippen molar-refractivity contribution in [2.75, 3.05) is 31.1 Å². The molecule has 0 saturated carbocycles. The van der Waals surface area contributed by atoms with Gasteiger partial charge in [-0.25, -0.2) is 4.79 Å². The Morgan fingerprint density at radius 1 is 1.00 bits per heavy atom. The number of rotatable bonds is 2. The second-order valence-corrected chi connectivity index (χ2v) is 8.32. The average molecular weight is 367 g/mol. The van der Waals surface area contributed by atoms with Gasteiger partial charge in [0.1, 0.15) is 5.60 Å². The third kappa shape index (κ3) is 3.86. The van der Waals surface area contributed by atoms with Crippen LogP contribution in [-0.4, -0.2) is 58.0 Å². The maximum absolute atomic E-state index is 12.3.